The molecule has 0 aliphatic carbocycles. The highest BCUT2D eigenvalue weighted by Gasteiger charge is 2.31. The van der Waals surface area contributed by atoms with Gasteiger partial charge in [0.25, 0.3) is 0 Å². The monoisotopic (exact) mass is 392 g/mol. The molecule has 1 aliphatic heterocycles. The third-order valence-electron chi connectivity index (χ3n) is 4.76. The molecule has 0 atom stereocenters. The summed E-state index contributed by atoms with van der Waals surface area (Å²) < 4.78 is 51.9. The standard InChI is InChI=1S/C21H20F4N2O/c1-15-2-6-17(21(23,24)25)14-19(15)26-10-12-27(13-11-26)20(28)9-5-16-3-7-18(22)8-4-16/h2-9,14H,10-13H2,1H3/b9-5-. The van der Waals surface area contributed by atoms with Crippen LogP contribution < -0.4 is 4.90 Å². The number of benzene rings is 2. The van der Waals surface area contributed by atoms with Gasteiger partial charge < -0.3 is 9.80 Å². The molecular weight excluding hydrogens is 372 g/mol. The Morgan fingerprint density at radius 2 is 1.64 bits per heavy atom. The molecule has 1 aliphatic rings. The number of piperazine rings is 1. The molecule has 0 spiro atoms. The third-order valence-corrected chi connectivity index (χ3v) is 4.76. The number of carbonyl (C=O) groups is 1. The molecule has 1 saturated heterocycles. The number of amides is 1. The normalized spacial score (nSPS) is 15.3. The average molecular weight is 392 g/mol. The van der Waals surface area contributed by atoms with Gasteiger partial charge >= 0.3 is 6.18 Å². The number of halogens is 4. The molecule has 0 N–H and O–H groups in total. The second kappa shape index (κ2) is 8.04. The topological polar surface area (TPSA) is 23.6 Å². The molecule has 1 heterocycles. The van der Waals surface area contributed by atoms with Crippen LogP contribution >= 0.6 is 0 Å². The summed E-state index contributed by atoms with van der Waals surface area (Å²) in [6.45, 7) is 3.53. The van der Waals surface area contributed by atoms with E-state index in [1.54, 1.807) is 30.0 Å². The van der Waals surface area contributed by atoms with Crippen molar-refractivity contribution in [1.29, 1.82) is 0 Å². The van der Waals surface area contributed by atoms with Crippen LogP contribution in [0.15, 0.2) is 48.5 Å². The maximum atomic E-state index is 13.0. The fourth-order valence-electron chi connectivity index (χ4n) is 3.14. The summed E-state index contributed by atoms with van der Waals surface area (Å²) in [5, 5.41) is 0. The maximum Gasteiger partial charge on any atom is 0.416 e. The highest BCUT2D eigenvalue weighted by molar-refractivity contribution is 5.92. The van der Waals surface area contributed by atoms with Gasteiger partial charge in [0.2, 0.25) is 5.91 Å². The number of carbonyl (C=O) groups excluding carboxylic acids is 1. The minimum Gasteiger partial charge on any atom is -0.368 e. The number of alkyl halides is 3. The summed E-state index contributed by atoms with van der Waals surface area (Å²) in [6, 6.07) is 9.52. The lowest BCUT2D eigenvalue weighted by Crippen LogP contribution is -2.48. The molecule has 28 heavy (non-hydrogen) atoms. The van der Waals surface area contributed by atoms with Crippen LogP contribution in [-0.4, -0.2) is 37.0 Å². The Kier molecular flexibility index (Phi) is 5.72. The Balaban J connectivity index is 1.63. The van der Waals surface area contributed by atoms with E-state index in [1.807, 2.05) is 4.90 Å². The molecule has 1 fully saturated rings. The number of rotatable bonds is 3. The zero-order chi connectivity index (χ0) is 20.3. The Hall–Kier alpha value is -2.83. The van der Waals surface area contributed by atoms with Gasteiger partial charge in [0.15, 0.2) is 0 Å². The van der Waals surface area contributed by atoms with Crippen LogP contribution in [0.4, 0.5) is 23.2 Å². The Morgan fingerprint density at radius 3 is 2.25 bits per heavy atom. The molecule has 2 aromatic rings. The first-order chi connectivity index (χ1) is 13.2. The van der Waals surface area contributed by atoms with Crippen molar-refractivity contribution in [2.45, 2.75) is 13.1 Å². The largest absolute Gasteiger partial charge is 0.416 e. The van der Waals surface area contributed by atoms with E-state index in [4.69, 9.17) is 0 Å². The van der Waals surface area contributed by atoms with Gasteiger partial charge in [-0.15, -0.1) is 0 Å². The first-order valence-electron chi connectivity index (χ1n) is 8.89. The van der Waals surface area contributed by atoms with E-state index in [9.17, 15) is 22.4 Å². The second-order valence-corrected chi connectivity index (χ2v) is 6.70. The highest BCUT2D eigenvalue weighted by atomic mass is 19.4. The quantitative estimate of drug-likeness (QED) is 0.567. The lowest BCUT2D eigenvalue weighted by atomic mass is 10.1. The van der Waals surface area contributed by atoms with Gasteiger partial charge in [0.1, 0.15) is 5.82 Å². The smallest absolute Gasteiger partial charge is 0.368 e. The van der Waals surface area contributed by atoms with E-state index >= 15 is 0 Å². The summed E-state index contributed by atoms with van der Waals surface area (Å²) in [5.41, 5.74) is 1.36. The molecule has 3 rings (SSSR count). The van der Waals surface area contributed by atoms with Crippen molar-refractivity contribution in [3.63, 3.8) is 0 Å². The van der Waals surface area contributed by atoms with Crippen LogP contribution in [0.2, 0.25) is 0 Å². The van der Waals surface area contributed by atoms with Gasteiger partial charge in [-0.1, -0.05) is 18.2 Å². The van der Waals surface area contributed by atoms with Crippen LogP contribution in [-0.2, 0) is 11.0 Å². The predicted molar refractivity (Wildman–Crippen MR) is 100 cm³/mol. The molecule has 2 aromatic carbocycles. The zero-order valence-corrected chi connectivity index (χ0v) is 15.3. The number of nitrogens with zero attached hydrogens (tertiary/aromatic N) is 2. The van der Waals surface area contributed by atoms with Crippen molar-refractivity contribution in [2.75, 3.05) is 31.1 Å². The second-order valence-electron chi connectivity index (χ2n) is 6.70. The predicted octanol–water partition coefficient (Wildman–Crippen LogP) is 4.51. The minimum atomic E-state index is -4.38. The van der Waals surface area contributed by atoms with Crippen molar-refractivity contribution in [3.8, 4) is 0 Å². The van der Waals surface area contributed by atoms with Crippen LogP contribution in [0.1, 0.15) is 16.7 Å². The molecule has 7 heteroatoms. The number of hydrogen-bond donors (Lipinski definition) is 0. The number of aryl methyl sites for hydroxylation is 1. The SMILES string of the molecule is Cc1ccc(C(F)(F)F)cc1N1CCN(C(=O)/C=C\c2ccc(F)cc2)CC1. The molecule has 148 valence electrons. The molecule has 0 saturated carbocycles. The average Bonchev–Trinajstić information content (AvgIpc) is 2.67. The van der Waals surface area contributed by atoms with Gasteiger partial charge in [-0.2, -0.15) is 13.2 Å². The Labute approximate surface area is 160 Å². The zero-order valence-electron chi connectivity index (χ0n) is 15.3. The molecule has 0 radical (unpaired) electrons. The van der Waals surface area contributed by atoms with Crippen LogP contribution in [0.5, 0.6) is 0 Å². The van der Waals surface area contributed by atoms with E-state index in [0.717, 1.165) is 11.6 Å². The fraction of sp³-hybridized carbons (Fsp3) is 0.286. The highest BCUT2D eigenvalue weighted by Crippen LogP contribution is 2.33. The van der Waals surface area contributed by atoms with E-state index < -0.39 is 11.7 Å². The van der Waals surface area contributed by atoms with Crippen molar-refractivity contribution in [2.24, 2.45) is 0 Å². The van der Waals surface area contributed by atoms with Gasteiger partial charge in [-0.05, 0) is 48.4 Å². The molecular formula is C21H20F4N2O. The summed E-state index contributed by atoms with van der Waals surface area (Å²) in [7, 11) is 0. The number of anilines is 1. The van der Waals surface area contributed by atoms with E-state index in [2.05, 4.69) is 0 Å². The van der Waals surface area contributed by atoms with E-state index in [1.165, 1.54) is 30.3 Å². The summed E-state index contributed by atoms with van der Waals surface area (Å²) in [4.78, 5) is 15.9. The van der Waals surface area contributed by atoms with E-state index in [0.29, 0.717) is 37.4 Å². The Bertz CT molecular complexity index is 867. The summed E-state index contributed by atoms with van der Waals surface area (Å²) >= 11 is 0. The van der Waals surface area contributed by atoms with Crippen LogP contribution in [0.3, 0.4) is 0 Å². The fourth-order valence-corrected chi connectivity index (χ4v) is 3.14. The summed E-state index contributed by atoms with van der Waals surface area (Å²) in [6.07, 6.45) is -1.34. The summed E-state index contributed by atoms with van der Waals surface area (Å²) in [5.74, 6) is -0.519. The minimum absolute atomic E-state index is 0.176. The van der Waals surface area contributed by atoms with Gasteiger partial charge in [0.05, 0.1) is 5.56 Å². The number of hydrogen-bond acceptors (Lipinski definition) is 2. The molecule has 0 unspecified atom stereocenters. The lowest BCUT2D eigenvalue weighted by molar-refractivity contribution is -0.137. The van der Waals surface area contributed by atoms with E-state index in [-0.39, 0.29) is 11.7 Å². The van der Waals surface area contributed by atoms with Gasteiger partial charge in [-0.25, -0.2) is 4.39 Å². The maximum absolute atomic E-state index is 13.0. The molecule has 0 aromatic heterocycles. The van der Waals surface area contributed by atoms with Crippen LogP contribution in [0, 0.1) is 12.7 Å². The van der Waals surface area contributed by atoms with Crippen molar-refractivity contribution in [1.82, 2.24) is 4.90 Å². The van der Waals surface area contributed by atoms with Crippen molar-refractivity contribution < 1.29 is 22.4 Å². The van der Waals surface area contributed by atoms with Gasteiger partial charge in [-0.3, -0.25) is 4.79 Å². The third kappa shape index (κ3) is 4.71. The van der Waals surface area contributed by atoms with Crippen molar-refractivity contribution >= 4 is 17.7 Å². The Morgan fingerprint density at radius 1 is 1.00 bits per heavy atom. The molecule has 1 amide bonds. The first kappa shape index (κ1) is 19.9. The molecule has 0 bridgehead atoms. The van der Waals surface area contributed by atoms with Gasteiger partial charge in [0, 0.05) is 37.9 Å². The van der Waals surface area contributed by atoms with Crippen LogP contribution in [0.25, 0.3) is 6.08 Å². The van der Waals surface area contributed by atoms with Crippen molar-refractivity contribution in [3.05, 3.63) is 71.0 Å². The lowest BCUT2D eigenvalue weighted by Gasteiger charge is -2.36. The first-order valence-corrected chi connectivity index (χ1v) is 8.89. The molecule has 3 nitrogen and oxygen atoms in total.